The number of hydrogen-bond donors (Lipinski definition) is 1. The zero-order valence-corrected chi connectivity index (χ0v) is 18.1. The van der Waals surface area contributed by atoms with Crippen LogP contribution in [0.5, 0.6) is 0 Å². The Balaban J connectivity index is 1.46. The molecule has 0 bridgehead atoms. The van der Waals surface area contributed by atoms with Crippen LogP contribution in [0.1, 0.15) is 60.7 Å². The lowest BCUT2D eigenvalue weighted by Crippen LogP contribution is -2.48. The first-order valence-electron chi connectivity index (χ1n) is 10.7. The van der Waals surface area contributed by atoms with Gasteiger partial charge >= 0.3 is 0 Å². The SMILES string of the molecule is CNC(=O)c1sc2ncccc2c1C1CCN(C2CCN(C(C)C)CC2)CC1. The van der Waals surface area contributed by atoms with Gasteiger partial charge in [-0.2, -0.15) is 0 Å². The first-order chi connectivity index (χ1) is 13.6. The van der Waals surface area contributed by atoms with Crippen molar-refractivity contribution in [3.05, 3.63) is 28.8 Å². The minimum absolute atomic E-state index is 0.0292. The lowest BCUT2D eigenvalue weighted by atomic mass is 9.86. The molecule has 1 amide bonds. The topological polar surface area (TPSA) is 48.5 Å². The van der Waals surface area contributed by atoms with E-state index < -0.39 is 0 Å². The number of fused-ring (bicyclic) bond motifs is 1. The molecule has 0 unspecified atom stereocenters. The summed E-state index contributed by atoms with van der Waals surface area (Å²) in [5.74, 6) is 0.485. The minimum atomic E-state index is 0.0292. The van der Waals surface area contributed by atoms with Gasteiger partial charge in [-0.05, 0) is 83.3 Å². The van der Waals surface area contributed by atoms with Crippen molar-refractivity contribution in [2.75, 3.05) is 33.2 Å². The van der Waals surface area contributed by atoms with Gasteiger partial charge in [-0.3, -0.25) is 4.79 Å². The minimum Gasteiger partial charge on any atom is -0.354 e. The molecule has 2 fully saturated rings. The van der Waals surface area contributed by atoms with E-state index in [4.69, 9.17) is 0 Å². The monoisotopic (exact) mass is 400 g/mol. The standard InChI is InChI=1S/C22H32N4OS/c1-15(2)25-13-8-17(9-14-25)26-11-6-16(7-12-26)19-18-5-4-10-24-22(18)28-20(19)21(27)23-3/h4-5,10,15-17H,6-9,11-14H2,1-3H3,(H,23,27). The summed E-state index contributed by atoms with van der Waals surface area (Å²) in [6, 6.07) is 5.52. The molecule has 152 valence electrons. The van der Waals surface area contributed by atoms with Crippen molar-refractivity contribution in [3.63, 3.8) is 0 Å². The summed E-state index contributed by atoms with van der Waals surface area (Å²) in [6.07, 6.45) is 6.67. The maximum absolute atomic E-state index is 12.5. The van der Waals surface area contributed by atoms with Crippen LogP contribution in [0.2, 0.25) is 0 Å². The Morgan fingerprint density at radius 3 is 2.54 bits per heavy atom. The number of thiophene rings is 1. The molecule has 2 aliphatic rings. The van der Waals surface area contributed by atoms with Gasteiger partial charge in [0.25, 0.3) is 5.91 Å². The molecule has 0 radical (unpaired) electrons. The number of pyridine rings is 1. The quantitative estimate of drug-likeness (QED) is 0.850. The van der Waals surface area contributed by atoms with Crippen LogP contribution in [-0.4, -0.2) is 66.0 Å². The third-order valence-electron chi connectivity index (χ3n) is 6.62. The van der Waals surface area contributed by atoms with Gasteiger partial charge in [0.1, 0.15) is 4.83 Å². The molecule has 2 aromatic heterocycles. The molecule has 0 aromatic carbocycles. The summed E-state index contributed by atoms with van der Waals surface area (Å²) in [4.78, 5) is 24.2. The summed E-state index contributed by atoms with van der Waals surface area (Å²) in [5.41, 5.74) is 1.24. The van der Waals surface area contributed by atoms with Crippen LogP contribution in [0.25, 0.3) is 10.2 Å². The van der Waals surface area contributed by atoms with Crippen molar-refractivity contribution in [1.82, 2.24) is 20.1 Å². The number of piperidine rings is 2. The molecule has 1 N–H and O–H groups in total. The lowest BCUT2D eigenvalue weighted by molar-refractivity contribution is 0.0752. The molecule has 0 aliphatic carbocycles. The van der Waals surface area contributed by atoms with Gasteiger partial charge in [0.15, 0.2) is 0 Å². The number of aromatic nitrogens is 1. The highest BCUT2D eigenvalue weighted by atomic mass is 32.1. The maximum Gasteiger partial charge on any atom is 0.261 e. The van der Waals surface area contributed by atoms with E-state index >= 15 is 0 Å². The Morgan fingerprint density at radius 2 is 1.89 bits per heavy atom. The fourth-order valence-electron chi connectivity index (χ4n) is 4.96. The molecule has 4 heterocycles. The molecule has 6 heteroatoms. The molecular formula is C22H32N4OS. The van der Waals surface area contributed by atoms with Gasteiger partial charge in [0, 0.05) is 30.7 Å². The Morgan fingerprint density at radius 1 is 1.18 bits per heavy atom. The number of nitrogens with one attached hydrogen (secondary N) is 1. The second-order valence-electron chi connectivity index (χ2n) is 8.45. The number of carbonyl (C=O) groups excluding carboxylic acids is 1. The highest BCUT2D eigenvalue weighted by Crippen LogP contribution is 2.40. The van der Waals surface area contributed by atoms with E-state index in [9.17, 15) is 4.79 Å². The van der Waals surface area contributed by atoms with Crippen LogP contribution in [0, 0.1) is 0 Å². The van der Waals surface area contributed by atoms with Crippen molar-refractivity contribution in [2.45, 2.75) is 57.5 Å². The second kappa shape index (κ2) is 8.47. The average Bonchev–Trinajstić information content (AvgIpc) is 3.13. The molecule has 5 nitrogen and oxygen atoms in total. The van der Waals surface area contributed by atoms with E-state index in [2.05, 4.69) is 40.0 Å². The third-order valence-corrected chi connectivity index (χ3v) is 7.75. The van der Waals surface area contributed by atoms with Crippen LogP contribution < -0.4 is 5.32 Å². The summed E-state index contributed by atoms with van der Waals surface area (Å²) in [7, 11) is 1.72. The summed E-state index contributed by atoms with van der Waals surface area (Å²) in [5, 5.41) is 4.00. The number of likely N-dealkylation sites (tertiary alicyclic amines) is 2. The van der Waals surface area contributed by atoms with Crippen LogP contribution in [-0.2, 0) is 0 Å². The number of carbonyl (C=O) groups is 1. The average molecular weight is 401 g/mol. The van der Waals surface area contributed by atoms with Crippen molar-refractivity contribution < 1.29 is 4.79 Å². The van der Waals surface area contributed by atoms with E-state index in [0.717, 1.165) is 41.7 Å². The largest absolute Gasteiger partial charge is 0.354 e. The van der Waals surface area contributed by atoms with Crippen LogP contribution >= 0.6 is 11.3 Å². The molecule has 0 atom stereocenters. The maximum atomic E-state index is 12.5. The van der Waals surface area contributed by atoms with Gasteiger partial charge in [0.05, 0.1) is 4.88 Å². The van der Waals surface area contributed by atoms with Gasteiger partial charge in [-0.25, -0.2) is 4.98 Å². The van der Waals surface area contributed by atoms with Gasteiger partial charge < -0.3 is 15.1 Å². The lowest BCUT2D eigenvalue weighted by Gasteiger charge is -2.43. The van der Waals surface area contributed by atoms with E-state index in [-0.39, 0.29) is 5.91 Å². The first kappa shape index (κ1) is 19.8. The normalized spacial score (nSPS) is 20.9. The third kappa shape index (κ3) is 3.82. The van der Waals surface area contributed by atoms with Gasteiger partial charge in [0.2, 0.25) is 0 Å². The predicted octanol–water partition coefficient (Wildman–Crippen LogP) is 3.71. The fraction of sp³-hybridized carbons (Fsp3) is 0.636. The summed E-state index contributed by atoms with van der Waals surface area (Å²) < 4.78 is 0. The molecule has 28 heavy (non-hydrogen) atoms. The van der Waals surface area contributed by atoms with Crippen LogP contribution in [0.4, 0.5) is 0 Å². The van der Waals surface area contributed by atoms with Crippen molar-refractivity contribution in [1.29, 1.82) is 0 Å². The van der Waals surface area contributed by atoms with Crippen LogP contribution in [0.15, 0.2) is 18.3 Å². The van der Waals surface area contributed by atoms with Crippen molar-refractivity contribution in [3.8, 4) is 0 Å². The molecule has 2 aromatic rings. The molecule has 0 spiro atoms. The van der Waals surface area contributed by atoms with E-state index in [1.165, 1.54) is 48.2 Å². The first-order valence-corrected chi connectivity index (χ1v) is 11.5. The zero-order chi connectivity index (χ0) is 19.7. The molecular weight excluding hydrogens is 368 g/mol. The Hall–Kier alpha value is -1.50. The van der Waals surface area contributed by atoms with Gasteiger partial charge in [-0.1, -0.05) is 6.07 Å². The highest BCUT2D eigenvalue weighted by molar-refractivity contribution is 7.20. The Labute approximate surface area is 172 Å². The van der Waals surface area contributed by atoms with Crippen molar-refractivity contribution in [2.24, 2.45) is 0 Å². The van der Waals surface area contributed by atoms with E-state index in [1.807, 2.05) is 12.3 Å². The summed E-state index contributed by atoms with van der Waals surface area (Å²) in [6.45, 7) is 9.34. The van der Waals surface area contributed by atoms with E-state index in [1.54, 1.807) is 7.05 Å². The highest BCUT2D eigenvalue weighted by Gasteiger charge is 2.32. The fourth-order valence-corrected chi connectivity index (χ4v) is 6.14. The van der Waals surface area contributed by atoms with Gasteiger partial charge in [-0.15, -0.1) is 11.3 Å². The smallest absolute Gasteiger partial charge is 0.261 e. The number of nitrogens with zero attached hydrogens (tertiary/aromatic N) is 3. The van der Waals surface area contributed by atoms with E-state index in [0.29, 0.717) is 12.0 Å². The van der Waals surface area contributed by atoms with Crippen molar-refractivity contribution >= 4 is 27.5 Å². The Kier molecular flexibility index (Phi) is 5.99. The zero-order valence-electron chi connectivity index (χ0n) is 17.3. The molecule has 4 rings (SSSR count). The number of rotatable bonds is 4. The Bertz CT molecular complexity index is 817. The predicted molar refractivity (Wildman–Crippen MR) is 116 cm³/mol. The molecule has 2 aliphatic heterocycles. The number of amides is 1. The second-order valence-corrected chi connectivity index (χ2v) is 9.45. The summed E-state index contributed by atoms with van der Waals surface area (Å²) >= 11 is 1.54. The molecule has 0 saturated carbocycles. The van der Waals surface area contributed by atoms with Crippen LogP contribution in [0.3, 0.4) is 0 Å². The molecule has 2 saturated heterocycles. The number of hydrogen-bond acceptors (Lipinski definition) is 5.